The maximum atomic E-state index is 15.1. The Labute approximate surface area is 240 Å². The molecule has 5 aromatic rings. The lowest BCUT2D eigenvalue weighted by molar-refractivity contribution is -0.111. The van der Waals surface area contributed by atoms with Gasteiger partial charge in [0, 0.05) is 54.3 Å². The first kappa shape index (κ1) is 28.0. The molecular formula is C30H27FN8O3. The third-order valence-corrected chi connectivity index (χ3v) is 6.07. The number of carbonyl (C=O) groups is 1. The van der Waals surface area contributed by atoms with Gasteiger partial charge in [0.2, 0.25) is 5.91 Å². The number of nitrogens with zero attached hydrogens (tertiary/aromatic N) is 6. The van der Waals surface area contributed by atoms with Crippen LogP contribution in [0.25, 0.3) is 16.6 Å². The average molecular weight is 567 g/mol. The second-order valence-electron chi connectivity index (χ2n) is 9.41. The van der Waals surface area contributed by atoms with E-state index < -0.39 is 5.82 Å². The number of amides is 1. The van der Waals surface area contributed by atoms with Crippen LogP contribution in [0.15, 0.2) is 73.3 Å². The zero-order valence-electron chi connectivity index (χ0n) is 23.1. The molecular weight excluding hydrogens is 539 g/mol. The van der Waals surface area contributed by atoms with Gasteiger partial charge < -0.3 is 25.0 Å². The maximum Gasteiger partial charge on any atom is 0.248 e. The molecule has 3 heterocycles. The van der Waals surface area contributed by atoms with Gasteiger partial charge in [-0.25, -0.2) is 13.9 Å². The lowest BCUT2D eigenvalue weighted by atomic mass is 10.1. The molecule has 42 heavy (non-hydrogen) atoms. The average Bonchev–Trinajstić information content (AvgIpc) is 3.43. The molecule has 0 atom stereocenters. The van der Waals surface area contributed by atoms with Crippen LogP contribution in [-0.2, 0) is 4.79 Å². The summed E-state index contributed by atoms with van der Waals surface area (Å²) in [6.07, 6.45) is 7.69. The number of rotatable bonds is 10. The number of aromatic nitrogens is 4. The minimum Gasteiger partial charge on any atom is -0.492 e. The summed E-state index contributed by atoms with van der Waals surface area (Å²) in [5, 5.41) is 20.4. The van der Waals surface area contributed by atoms with Crippen molar-refractivity contribution in [2.45, 2.75) is 6.92 Å². The number of anilines is 3. The summed E-state index contributed by atoms with van der Waals surface area (Å²) in [6, 6.07) is 13.2. The molecule has 12 heteroatoms. The SMILES string of the molecule is CCOc1cc2ncc(C#N)c(Nc3ccc(Oc4ccn5ncnc5c4)c(F)c3)c2cc1NC(=O)/C=C/CN(C)C. The van der Waals surface area contributed by atoms with Gasteiger partial charge in [-0.05, 0) is 45.3 Å². The number of fused-ring (bicyclic) bond motifs is 2. The summed E-state index contributed by atoms with van der Waals surface area (Å²) >= 11 is 0. The molecule has 212 valence electrons. The predicted molar refractivity (Wildman–Crippen MR) is 157 cm³/mol. The van der Waals surface area contributed by atoms with Crippen LogP contribution in [0.3, 0.4) is 0 Å². The minimum atomic E-state index is -0.616. The number of hydrogen-bond acceptors (Lipinski definition) is 9. The second kappa shape index (κ2) is 12.3. The molecule has 0 saturated heterocycles. The highest BCUT2D eigenvalue weighted by Gasteiger charge is 2.16. The van der Waals surface area contributed by atoms with E-state index in [-0.39, 0.29) is 17.2 Å². The van der Waals surface area contributed by atoms with Gasteiger partial charge in [0.05, 0.1) is 29.1 Å². The predicted octanol–water partition coefficient (Wildman–Crippen LogP) is 5.28. The highest BCUT2D eigenvalue weighted by molar-refractivity contribution is 6.04. The third kappa shape index (κ3) is 6.27. The number of benzene rings is 2. The van der Waals surface area contributed by atoms with Crippen molar-refractivity contribution in [1.82, 2.24) is 24.5 Å². The van der Waals surface area contributed by atoms with E-state index in [0.29, 0.717) is 58.3 Å². The number of hydrogen-bond donors (Lipinski definition) is 2. The van der Waals surface area contributed by atoms with Crippen LogP contribution < -0.4 is 20.1 Å². The van der Waals surface area contributed by atoms with E-state index in [9.17, 15) is 10.1 Å². The molecule has 11 nitrogen and oxygen atoms in total. The lowest BCUT2D eigenvalue weighted by Crippen LogP contribution is -2.13. The molecule has 0 aliphatic rings. The van der Waals surface area contributed by atoms with E-state index >= 15 is 4.39 Å². The first-order chi connectivity index (χ1) is 20.3. The Kier molecular flexibility index (Phi) is 8.22. The first-order valence-corrected chi connectivity index (χ1v) is 13.0. The Balaban J connectivity index is 1.46. The zero-order chi connectivity index (χ0) is 29.6. The van der Waals surface area contributed by atoms with Crippen molar-refractivity contribution < 1.29 is 18.7 Å². The number of pyridine rings is 2. The van der Waals surface area contributed by atoms with E-state index in [1.807, 2.05) is 25.9 Å². The Bertz CT molecular complexity index is 1840. The molecule has 2 aromatic carbocycles. The molecule has 0 spiro atoms. The van der Waals surface area contributed by atoms with E-state index in [2.05, 4.69) is 31.8 Å². The fraction of sp³-hybridized carbons (Fsp3) is 0.167. The van der Waals surface area contributed by atoms with E-state index in [0.717, 1.165) is 0 Å². The van der Waals surface area contributed by atoms with Crippen LogP contribution in [0.4, 0.5) is 21.5 Å². The number of likely N-dealkylation sites (N-methyl/N-ethyl adjacent to an activating group) is 1. The zero-order valence-corrected chi connectivity index (χ0v) is 23.1. The Morgan fingerprint density at radius 2 is 2.02 bits per heavy atom. The van der Waals surface area contributed by atoms with Gasteiger partial charge in [0.25, 0.3) is 0 Å². The quantitative estimate of drug-likeness (QED) is 0.217. The van der Waals surface area contributed by atoms with Crippen molar-refractivity contribution in [3.63, 3.8) is 0 Å². The Morgan fingerprint density at radius 3 is 2.79 bits per heavy atom. The fourth-order valence-electron chi connectivity index (χ4n) is 4.15. The van der Waals surface area contributed by atoms with Crippen LogP contribution in [0, 0.1) is 17.1 Å². The molecule has 2 N–H and O–H groups in total. The molecule has 0 aliphatic heterocycles. The summed E-state index contributed by atoms with van der Waals surface area (Å²) in [6.45, 7) is 2.80. The maximum absolute atomic E-state index is 15.1. The van der Waals surface area contributed by atoms with Crippen molar-refractivity contribution >= 4 is 39.5 Å². The summed E-state index contributed by atoms with van der Waals surface area (Å²) < 4.78 is 28.2. The van der Waals surface area contributed by atoms with Gasteiger partial charge >= 0.3 is 0 Å². The van der Waals surface area contributed by atoms with Crippen LogP contribution in [0.2, 0.25) is 0 Å². The molecule has 0 fully saturated rings. The minimum absolute atomic E-state index is 0.0122. The van der Waals surface area contributed by atoms with Crippen molar-refractivity contribution in [1.29, 1.82) is 5.26 Å². The molecule has 0 bridgehead atoms. The first-order valence-electron chi connectivity index (χ1n) is 13.0. The normalized spacial score (nSPS) is 11.2. The van der Waals surface area contributed by atoms with Crippen LogP contribution in [0.1, 0.15) is 12.5 Å². The second-order valence-corrected chi connectivity index (χ2v) is 9.41. The molecule has 0 unspecified atom stereocenters. The number of nitriles is 1. The number of nitrogens with one attached hydrogen (secondary N) is 2. The van der Waals surface area contributed by atoms with Crippen molar-refractivity contribution in [3.05, 3.63) is 84.7 Å². The summed E-state index contributed by atoms with van der Waals surface area (Å²) in [4.78, 5) is 23.1. The van der Waals surface area contributed by atoms with E-state index in [4.69, 9.17) is 9.47 Å². The molecule has 0 radical (unpaired) electrons. The highest BCUT2D eigenvalue weighted by Crippen LogP contribution is 2.37. The Morgan fingerprint density at radius 1 is 1.17 bits per heavy atom. The third-order valence-electron chi connectivity index (χ3n) is 6.07. The van der Waals surface area contributed by atoms with Crippen molar-refractivity contribution in [3.8, 4) is 23.3 Å². The molecule has 0 saturated carbocycles. The van der Waals surface area contributed by atoms with Crippen molar-refractivity contribution in [2.75, 3.05) is 37.9 Å². The van der Waals surface area contributed by atoms with Gasteiger partial charge in [0.15, 0.2) is 17.2 Å². The largest absolute Gasteiger partial charge is 0.492 e. The molecule has 5 rings (SSSR count). The van der Waals surface area contributed by atoms with E-state index in [1.54, 1.807) is 47.1 Å². The fourth-order valence-corrected chi connectivity index (χ4v) is 4.15. The van der Waals surface area contributed by atoms with Crippen LogP contribution in [-0.4, -0.2) is 57.6 Å². The Hall–Kier alpha value is -5.54. The standard InChI is InChI=1S/C30H27FN8O3/c1-4-41-27-15-24-22(14-25(27)37-29(40)6-5-10-38(2)3)30(19(16-32)17-33-24)36-20-7-8-26(23(31)12-20)42-21-9-11-39-28(13-21)34-18-35-39/h5-9,11-15,17-18H,4,10H2,1-3H3,(H,33,36)(H,37,40)/b6-5+. The van der Waals surface area contributed by atoms with E-state index in [1.165, 1.54) is 30.7 Å². The van der Waals surface area contributed by atoms with Crippen LogP contribution >= 0.6 is 0 Å². The van der Waals surface area contributed by atoms with Gasteiger partial charge in [0.1, 0.15) is 23.9 Å². The van der Waals surface area contributed by atoms with Gasteiger partial charge in [-0.1, -0.05) is 6.08 Å². The van der Waals surface area contributed by atoms with Gasteiger partial charge in [-0.3, -0.25) is 9.78 Å². The lowest BCUT2D eigenvalue weighted by Gasteiger charge is -2.16. The summed E-state index contributed by atoms with van der Waals surface area (Å²) in [5.41, 5.74) is 2.50. The van der Waals surface area contributed by atoms with Gasteiger partial charge in [-0.15, -0.1) is 0 Å². The van der Waals surface area contributed by atoms with Crippen molar-refractivity contribution in [2.24, 2.45) is 0 Å². The summed E-state index contributed by atoms with van der Waals surface area (Å²) in [7, 11) is 3.80. The number of ether oxygens (including phenoxy) is 2. The topological polar surface area (TPSA) is 130 Å². The molecule has 1 amide bonds. The molecule has 3 aromatic heterocycles. The monoisotopic (exact) mass is 566 g/mol. The molecule has 0 aliphatic carbocycles. The van der Waals surface area contributed by atoms with Crippen LogP contribution in [0.5, 0.6) is 17.2 Å². The number of carbonyl (C=O) groups excluding carboxylic acids is 1. The number of halogens is 1. The smallest absolute Gasteiger partial charge is 0.248 e. The summed E-state index contributed by atoms with van der Waals surface area (Å²) in [5.74, 6) is -0.109. The highest BCUT2D eigenvalue weighted by atomic mass is 19.1. The van der Waals surface area contributed by atoms with Gasteiger partial charge in [-0.2, -0.15) is 10.4 Å².